The Morgan fingerprint density at radius 3 is 1.81 bits per heavy atom. The molecule has 0 heterocycles. The Kier molecular flexibility index (Phi) is 8.89. The van der Waals surface area contributed by atoms with E-state index in [4.69, 9.17) is 13.3 Å². The van der Waals surface area contributed by atoms with Gasteiger partial charge < -0.3 is 9.16 Å². The van der Waals surface area contributed by atoms with Crippen molar-refractivity contribution in [1.29, 1.82) is 0 Å². The Balaban J connectivity index is 2.05. The van der Waals surface area contributed by atoms with Crippen LogP contribution in [0.3, 0.4) is 0 Å². The minimum atomic E-state index is -4.05. The van der Waals surface area contributed by atoms with Crippen molar-refractivity contribution in [3.8, 4) is 0 Å². The first kappa shape index (κ1) is 27.8. The maximum atomic E-state index is 12.9. The van der Waals surface area contributed by atoms with Gasteiger partial charge in [0.25, 0.3) is 18.4 Å². The third kappa shape index (κ3) is 6.31. The Morgan fingerprint density at radius 1 is 0.861 bits per heavy atom. The average Bonchev–Trinajstić information content (AvgIpc) is 2.86. The molecule has 0 saturated carbocycles. The van der Waals surface area contributed by atoms with Crippen LogP contribution in [-0.4, -0.2) is 42.5 Å². The van der Waals surface area contributed by atoms with Crippen LogP contribution in [-0.2, 0) is 28.3 Å². The summed E-state index contributed by atoms with van der Waals surface area (Å²) >= 11 is 0. The average molecular weight is 527 g/mol. The summed E-state index contributed by atoms with van der Waals surface area (Å²) in [7, 11) is -5.81. The molecule has 0 unspecified atom stereocenters. The van der Waals surface area contributed by atoms with Gasteiger partial charge in [0, 0.05) is 0 Å². The van der Waals surface area contributed by atoms with Gasteiger partial charge in [-0.25, -0.2) is 0 Å². The van der Waals surface area contributed by atoms with Gasteiger partial charge in [-0.3, -0.25) is 8.98 Å². The van der Waals surface area contributed by atoms with Gasteiger partial charge in [-0.15, -0.1) is 0 Å². The van der Waals surface area contributed by atoms with Gasteiger partial charge in [-0.2, -0.15) is 8.42 Å². The topological polar surface area (TPSA) is 78.9 Å². The number of ether oxygens (including phenoxy) is 1. The van der Waals surface area contributed by atoms with E-state index in [-0.39, 0.29) is 23.0 Å². The highest BCUT2D eigenvalue weighted by Gasteiger charge is 2.51. The van der Waals surface area contributed by atoms with Crippen LogP contribution < -0.4 is 10.4 Å². The highest BCUT2D eigenvalue weighted by Crippen LogP contribution is 2.38. The first-order valence-corrected chi connectivity index (χ1v) is 15.1. The lowest BCUT2D eigenvalue weighted by molar-refractivity contribution is -0.142. The molecule has 0 radical (unpaired) electrons. The third-order valence-corrected chi connectivity index (χ3v) is 12.5. The predicted molar refractivity (Wildman–Crippen MR) is 143 cm³/mol. The molecule has 8 heteroatoms. The molecule has 3 aromatic carbocycles. The van der Waals surface area contributed by atoms with E-state index in [1.165, 1.54) is 19.2 Å². The second kappa shape index (κ2) is 11.5. The second-order valence-electron chi connectivity index (χ2n) is 9.74. The zero-order chi connectivity index (χ0) is 26.4. The summed E-state index contributed by atoms with van der Waals surface area (Å²) < 4.78 is 43.2. The summed E-state index contributed by atoms with van der Waals surface area (Å²) in [6, 6.07) is 26.3. The van der Waals surface area contributed by atoms with Gasteiger partial charge in [-0.1, -0.05) is 99.1 Å². The maximum absolute atomic E-state index is 12.9. The molecule has 36 heavy (non-hydrogen) atoms. The number of hydrogen-bond acceptors (Lipinski definition) is 6. The fourth-order valence-corrected chi connectivity index (χ4v) is 9.89. The highest BCUT2D eigenvalue weighted by molar-refractivity contribution is 7.86. The maximum Gasteiger partial charge on any atom is 0.308 e. The van der Waals surface area contributed by atoms with Gasteiger partial charge in [0.05, 0.1) is 31.1 Å². The van der Waals surface area contributed by atoms with Crippen molar-refractivity contribution < 1.29 is 26.6 Å². The van der Waals surface area contributed by atoms with E-state index in [1.54, 1.807) is 12.1 Å². The second-order valence-corrected chi connectivity index (χ2v) is 15.6. The Morgan fingerprint density at radius 2 is 1.36 bits per heavy atom. The lowest BCUT2D eigenvalue weighted by Gasteiger charge is -2.45. The normalized spacial score (nSPS) is 13.2. The third-order valence-electron chi connectivity index (χ3n) is 6.10. The first-order valence-electron chi connectivity index (χ1n) is 11.8. The molecule has 1 atom stereocenters. The van der Waals surface area contributed by atoms with Crippen LogP contribution in [0, 0.1) is 6.92 Å². The highest BCUT2D eigenvalue weighted by atomic mass is 32.2. The van der Waals surface area contributed by atoms with Crippen LogP contribution in [0.1, 0.15) is 32.8 Å². The molecule has 0 amide bonds. The molecule has 192 valence electrons. The van der Waals surface area contributed by atoms with Crippen molar-refractivity contribution in [3.05, 3.63) is 90.5 Å². The smallest absolute Gasteiger partial charge is 0.308 e. The van der Waals surface area contributed by atoms with Crippen LogP contribution in [0.4, 0.5) is 0 Å². The lowest BCUT2D eigenvalue weighted by Crippen LogP contribution is -2.68. The van der Waals surface area contributed by atoms with Gasteiger partial charge in [0.2, 0.25) is 0 Å². The van der Waals surface area contributed by atoms with Crippen molar-refractivity contribution in [1.82, 2.24) is 0 Å². The van der Waals surface area contributed by atoms with E-state index in [9.17, 15) is 13.2 Å². The number of rotatable bonds is 10. The lowest BCUT2D eigenvalue weighted by atomic mass is 10.2. The number of hydrogen-bond donors (Lipinski definition) is 0. The van der Waals surface area contributed by atoms with Gasteiger partial charge in [0.1, 0.15) is 0 Å². The molecular formula is C28H34O6SSi. The fraction of sp³-hybridized carbons (Fsp3) is 0.321. The molecule has 0 bridgehead atoms. The van der Waals surface area contributed by atoms with Crippen molar-refractivity contribution >= 4 is 34.8 Å². The SMILES string of the molecule is COC(=O)C[C@@H](COS(=O)(=O)c1ccc(C)cc1)O[Si](c1ccccc1)(c1ccccc1)C(C)(C)C. The predicted octanol–water partition coefficient (Wildman–Crippen LogP) is 4.21. The molecule has 3 rings (SSSR count). The van der Waals surface area contributed by atoms with Gasteiger partial charge in [0.15, 0.2) is 0 Å². The molecule has 0 aliphatic heterocycles. The molecule has 0 fully saturated rings. The quantitative estimate of drug-likeness (QED) is 0.224. The molecule has 0 saturated heterocycles. The van der Waals surface area contributed by atoms with Crippen LogP contribution in [0.5, 0.6) is 0 Å². The minimum absolute atomic E-state index is 0.0513. The van der Waals surface area contributed by atoms with Crippen LogP contribution in [0.25, 0.3) is 0 Å². The molecular weight excluding hydrogens is 492 g/mol. The van der Waals surface area contributed by atoms with E-state index in [2.05, 4.69) is 20.8 Å². The Bertz CT molecular complexity index is 1200. The Hall–Kier alpha value is -2.78. The van der Waals surface area contributed by atoms with Crippen LogP contribution in [0.2, 0.25) is 5.04 Å². The van der Waals surface area contributed by atoms with E-state index in [0.717, 1.165) is 15.9 Å². The standard InChI is InChI=1S/C28H34O6SSi/c1-22-16-18-24(19-17-22)35(30,31)33-21-23(20-27(29)32-5)34-36(28(2,3)4,25-12-8-6-9-13-25)26-14-10-7-11-15-26/h6-19,23H,20-21H2,1-5H3/t23-/m0/s1. The zero-order valence-electron chi connectivity index (χ0n) is 21.4. The van der Waals surface area contributed by atoms with Crippen molar-refractivity contribution in [2.75, 3.05) is 13.7 Å². The van der Waals surface area contributed by atoms with E-state index < -0.39 is 30.5 Å². The Labute approximate surface area is 215 Å². The molecule has 0 aliphatic rings. The molecule has 3 aromatic rings. The number of benzene rings is 3. The summed E-state index contributed by atoms with van der Waals surface area (Å²) in [5, 5.41) is 1.67. The van der Waals surface area contributed by atoms with E-state index >= 15 is 0 Å². The van der Waals surface area contributed by atoms with Crippen molar-refractivity contribution in [2.24, 2.45) is 0 Å². The summed E-state index contributed by atoms with van der Waals surface area (Å²) in [5.41, 5.74) is 0.938. The summed E-state index contributed by atoms with van der Waals surface area (Å²) in [4.78, 5) is 12.4. The molecule has 0 N–H and O–H groups in total. The number of methoxy groups -OCH3 is 1. The van der Waals surface area contributed by atoms with Gasteiger partial charge in [-0.05, 0) is 34.5 Å². The summed E-state index contributed by atoms with van der Waals surface area (Å²) in [6.07, 6.45) is -1.01. The largest absolute Gasteiger partial charge is 0.469 e. The number of carbonyl (C=O) groups is 1. The summed E-state index contributed by atoms with van der Waals surface area (Å²) in [5.74, 6) is -0.505. The minimum Gasteiger partial charge on any atom is -0.469 e. The number of aryl methyl sites for hydroxylation is 1. The fourth-order valence-electron chi connectivity index (χ4n) is 4.28. The number of carbonyl (C=O) groups excluding carboxylic acids is 1. The van der Waals surface area contributed by atoms with Crippen molar-refractivity contribution in [2.45, 2.75) is 50.2 Å². The molecule has 0 aliphatic carbocycles. The molecule has 0 aromatic heterocycles. The molecule has 0 spiro atoms. The van der Waals surface area contributed by atoms with Crippen molar-refractivity contribution in [3.63, 3.8) is 0 Å². The van der Waals surface area contributed by atoms with E-state index in [0.29, 0.717) is 0 Å². The van der Waals surface area contributed by atoms with Crippen LogP contribution >= 0.6 is 0 Å². The van der Waals surface area contributed by atoms with Gasteiger partial charge >= 0.3 is 5.97 Å². The van der Waals surface area contributed by atoms with Crippen LogP contribution in [0.15, 0.2) is 89.8 Å². The van der Waals surface area contributed by atoms with E-state index in [1.807, 2.05) is 67.6 Å². The molecule has 6 nitrogen and oxygen atoms in total. The monoisotopic (exact) mass is 526 g/mol. The zero-order valence-corrected chi connectivity index (χ0v) is 23.2. The number of esters is 1. The summed E-state index contributed by atoms with van der Waals surface area (Å²) in [6.45, 7) is 7.88. The first-order chi connectivity index (χ1) is 17.0.